The Bertz CT molecular complexity index is 832. The number of hydrogen-bond acceptors (Lipinski definition) is 3. The van der Waals surface area contributed by atoms with Crippen LogP contribution in [0.3, 0.4) is 0 Å². The van der Waals surface area contributed by atoms with E-state index in [0.29, 0.717) is 11.1 Å². The second kappa shape index (κ2) is 9.74. The molecule has 2 aromatic carbocycles. The van der Waals surface area contributed by atoms with Gasteiger partial charge >= 0.3 is 0 Å². The maximum absolute atomic E-state index is 12.1. The van der Waals surface area contributed by atoms with Gasteiger partial charge in [-0.2, -0.15) is 0 Å². The number of hydrazine groups is 1. The standard InChI is InChI=1S/C19H15N3O2.C2H6/c23-18(16-4-2-1-3-5-16)21-22-19(24)17-8-6-14(7-9-17)15-10-12-20-13-11-15;1-2/h1-13H,(H,21,23)(H,22,24);1-2H3. The topological polar surface area (TPSA) is 71.1 Å². The molecular weight excluding hydrogens is 326 g/mol. The number of carbonyl (C=O) groups is 2. The highest BCUT2D eigenvalue weighted by Gasteiger charge is 2.09. The number of aromatic nitrogens is 1. The lowest BCUT2D eigenvalue weighted by molar-refractivity contribution is 0.0846. The van der Waals surface area contributed by atoms with E-state index < -0.39 is 0 Å². The Labute approximate surface area is 153 Å². The summed E-state index contributed by atoms with van der Waals surface area (Å²) in [5, 5.41) is 0. The van der Waals surface area contributed by atoms with Gasteiger partial charge in [-0.25, -0.2) is 0 Å². The molecule has 2 amide bonds. The van der Waals surface area contributed by atoms with E-state index in [-0.39, 0.29) is 11.8 Å². The smallest absolute Gasteiger partial charge is 0.267 e. The molecule has 0 saturated carbocycles. The minimum atomic E-state index is -0.374. The summed E-state index contributed by atoms with van der Waals surface area (Å²) in [6.45, 7) is 4.00. The molecule has 0 radical (unpaired) electrons. The molecule has 0 bridgehead atoms. The zero-order valence-electron chi connectivity index (χ0n) is 14.8. The van der Waals surface area contributed by atoms with Gasteiger partial charge in [-0.1, -0.05) is 44.2 Å². The minimum Gasteiger partial charge on any atom is -0.267 e. The van der Waals surface area contributed by atoms with E-state index in [4.69, 9.17) is 0 Å². The molecule has 0 saturated heterocycles. The van der Waals surface area contributed by atoms with Gasteiger partial charge in [0.1, 0.15) is 0 Å². The summed E-state index contributed by atoms with van der Waals surface area (Å²) in [6.07, 6.45) is 3.43. The van der Waals surface area contributed by atoms with Crippen LogP contribution in [0.15, 0.2) is 79.1 Å². The largest absolute Gasteiger partial charge is 0.269 e. The lowest BCUT2D eigenvalue weighted by atomic mass is 10.1. The zero-order valence-corrected chi connectivity index (χ0v) is 14.8. The number of benzene rings is 2. The van der Waals surface area contributed by atoms with Crippen LogP contribution in [-0.2, 0) is 0 Å². The summed E-state index contributed by atoms with van der Waals surface area (Å²) in [5.74, 6) is -0.738. The first-order valence-corrected chi connectivity index (χ1v) is 8.40. The molecule has 5 heteroatoms. The van der Waals surface area contributed by atoms with Crippen LogP contribution in [0.1, 0.15) is 34.6 Å². The molecule has 0 fully saturated rings. The summed E-state index contributed by atoms with van der Waals surface area (Å²) < 4.78 is 0. The summed E-state index contributed by atoms with van der Waals surface area (Å²) in [5.41, 5.74) is 7.75. The third-order valence-corrected chi connectivity index (χ3v) is 3.49. The number of rotatable bonds is 3. The quantitative estimate of drug-likeness (QED) is 0.707. The molecule has 1 heterocycles. The van der Waals surface area contributed by atoms with Crippen molar-refractivity contribution in [2.45, 2.75) is 13.8 Å². The first-order valence-electron chi connectivity index (χ1n) is 8.40. The van der Waals surface area contributed by atoms with E-state index in [1.54, 1.807) is 48.8 Å². The number of nitrogens with one attached hydrogen (secondary N) is 2. The number of pyridine rings is 1. The Balaban J connectivity index is 0.00000117. The van der Waals surface area contributed by atoms with Gasteiger partial charge in [-0.3, -0.25) is 25.4 Å². The molecule has 0 aliphatic heterocycles. The van der Waals surface area contributed by atoms with E-state index >= 15 is 0 Å². The second-order valence-electron chi connectivity index (χ2n) is 5.09. The highest BCUT2D eigenvalue weighted by Crippen LogP contribution is 2.18. The lowest BCUT2D eigenvalue weighted by Crippen LogP contribution is -2.41. The normalized spacial score (nSPS) is 9.46. The van der Waals surface area contributed by atoms with E-state index in [1.807, 2.05) is 44.2 Å². The molecule has 26 heavy (non-hydrogen) atoms. The van der Waals surface area contributed by atoms with Crippen LogP contribution in [0.2, 0.25) is 0 Å². The molecule has 0 atom stereocenters. The average Bonchev–Trinajstić information content (AvgIpc) is 2.74. The molecule has 2 N–H and O–H groups in total. The van der Waals surface area contributed by atoms with E-state index in [9.17, 15) is 9.59 Å². The highest BCUT2D eigenvalue weighted by molar-refractivity contribution is 5.99. The Morgan fingerprint density at radius 3 is 1.65 bits per heavy atom. The fraction of sp³-hybridized carbons (Fsp3) is 0.0952. The van der Waals surface area contributed by atoms with Crippen molar-refractivity contribution in [2.24, 2.45) is 0 Å². The van der Waals surface area contributed by atoms with Gasteiger partial charge in [0, 0.05) is 23.5 Å². The molecular formula is C21H21N3O2. The molecule has 3 aromatic rings. The summed E-state index contributed by atoms with van der Waals surface area (Å²) >= 11 is 0. The Morgan fingerprint density at radius 1 is 0.654 bits per heavy atom. The summed E-state index contributed by atoms with van der Waals surface area (Å²) in [7, 11) is 0. The van der Waals surface area contributed by atoms with Crippen LogP contribution in [0.4, 0.5) is 0 Å². The highest BCUT2D eigenvalue weighted by atomic mass is 16.2. The van der Waals surface area contributed by atoms with Crippen LogP contribution in [0.25, 0.3) is 11.1 Å². The van der Waals surface area contributed by atoms with Crippen LogP contribution >= 0.6 is 0 Å². The predicted octanol–water partition coefficient (Wildman–Crippen LogP) is 3.85. The Kier molecular flexibility index (Phi) is 7.06. The minimum absolute atomic E-state index is 0.364. The fourth-order valence-corrected chi connectivity index (χ4v) is 2.21. The molecule has 5 nitrogen and oxygen atoms in total. The number of amides is 2. The second-order valence-corrected chi connectivity index (χ2v) is 5.09. The van der Waals surface area contributed by atoms with E-state index in [0.717, 1.165) is 11.1 Å². The maximum atomic E-state index is 12.1. The van der Waals surface area contributed by atoms with Gasteiger partial charge in [0.2, 0.25) is 0 Å². The van der Waals surface area contributed by atoms with Gasteiger partial charge in [0.05, 0.1) is 0 Å². The van der Waals surface area contributed by atoms with Crippen molar-refractivity contribution in [3.8, 4) is 11.1 Å². The molecule has 0 spiro atoms. The fourth-order valence-electron chi connectivity index (χ4n) is 2.21. The van der Waals surface area contributed by atoms with Crippen molar-refractivity contribution in [2.75, 3.05) is 0 Å². The van der Waals surface area contributed by atoms with Crippen molar-refractivity contribution in [1.29, 1.82) is 0 Å². The molecule has 0 unspecified atom stereocenters. The number of carbonyl (C=O) groups excluding carboxylic acids is 2. The number of nitrogens with zero attached hydrogens (tertiary/aromatic N) is 1. The van der Waals surface area contributed by atoms with E-state index in [1.165, 1.54) is 0 Å². The first kappa shape index (κ1) is 18.9. The van der Waals surface area contributed by atoms with Crippen LogP contribution < -0.4 is 10.9 Å². The van der Waals surface area contributed by atoms with Crippen molar-refractivity contribution in [1.82, 2.24) is 15.8 Å². The molecule has 0 aliphatic carbocycles. The SMILES string of the molecule is CC.O=C(NNC(=O)c1ccc(-c2ccncc2)cc1)c1ccccc1. The van der Waals surface area contributed by atoms with Gasteiger partial charge in [-0.05, 0) is 47.5 Å². The number of hydrogen-bond donors (Lipinski definition) is 2. The molecule has 3 rings (SSSR count). The van der Waals surface area contributed by atoms with Crippen molar-refractivity contribution < 1.29 is 9.59 Å². The predicted molar refractivity (Wildman–Crippen MR) is 102 cm³/mol. The van der Waals surface area contributed by atoms with Gasteiger partial charge < -0.3 is 0 Å². The van der Waals surface area contributed by atoms with Crippen LogP contribution in [0.5, 0.6) is 0 Å². The van der Waals surface area contributed by atoms with E-state index in [2.05, 4.69) is 15.8 Å². The summed E-state index contributed by atoms with van der Waals surface area (Å²) in [6, 6.07) is 19.6. The molecule has 0 aliphatic rings. The van der Waals surface area contributed by atoms with Crippen molar-refractivity contribution in [3.05, 3.63) is 90.3 Å². The third-order valence-electron chi connectivity index (χ3n) is 3.49. The lowest BCUT2D eigenvalue weighted by Gasteiger charge is -2.08. The van der Waals surface area contributed by atoms with Crippen molar-refractivity contribution in [3.63, 3.8) is 0 Å². The molecule has 132 valence electrons. The summed E-state index contributed by atoms with van der Waals surface area (Å²) in [4.78, 5) is 28.0. The first-order chi connectivity index (χ1) is 12.7. The average molecular weight is 347 g/mol. The van der Waals surface area contributed by atoms with Gasteiger partial charge in [0.15, 0.2) is 0 Å². The third kappa shape index (κ3) is 5.01. The maximum Gasteiger partial charge on any atom is 0.269 e. The monoisotopic (exact) mass is 347 g/mol. The molecule has 1 aromatic heterocycles. The van der Waals surface area contributed by atoms with Gasteiger partial charge in [-0.15, -0.1) is 0 Å². The zero-order chi connectivity index (χ0) is 18.8. The van der Waals surface area contributed by atoms with Crippen LogP contribution in [0, 0.1) is 0 Å². The Hall–Kier alpha value is -3.47. The van der Waals surface area contributed by atoms with Gasteiger partial charge in [0.25, 0.3) is 11.8 Å². The van der Waals surface area contributed by atoms with Crippen LogP contribution in [-0.4, -0.2) is 16.8 Å². The Morgan fingerprint density at radius 2 is 1.12 bits per heavy atom. The van der Waals surface area contributed by atoms with Crippen molar-refractivity contribution >= 4 is 11.8 Å².